The van der Waals surface area contributed by atoms with Gasteiger partial charge in [-0.05, 0) is 31.9 Å². The molecule has 4 rings (SSSR count). The minimum atomic E-state index is -4.50. The first kappa shape index (κ1) is 19.0. The number of halogens is 3. The Labute approximate surface area is 163 Å². The smallest absolute Gasteiger partial charge is 0.408 e. The summed E-state index contributed by atoms with van der Waals surface area (Å²) in [5, 5.41) is 14.2. The molecule has 2 heterocycles. The van der Waals surface area contributed by atoms with Gasteiger partial charge in [0, 0.05) is 16.9 Å². The highest BCUT2D eigenvalue weighted by atomic mass is 19.4. The number of aryl methyl sites for hydroxylation is 1. The van der Waals surface area contributed by atoms with Crippen LogP contribution in [-0.2, 0) is 24.1 Å². The molecule has 7 nitrogen and oxygen atoms in total. The summed E-state index contributed by atoms with van der Waals surface area (Å²) in [5.41, 5.74) is 2.51. The van der Waals surface area contributed by atoms with Gasteiger partial charge in [-0.15, -0.1) is 0 Å². The third kappa shape index (κ3) is 3.69. The van der Waals surface area contributed by atoms with Crippen molar-refractivity contribution in [3.8, 4) is 11.3 Å². The molecule has 0 amide bonds. The number of nitrogens with zero attached hydrogens (tertiary/aromatic N) is 3. The number of esters is 1. The highest BCUT2D eigenvalue weighted by Crippen LogP contribution is 2.40. The minimum Gasteiger partial charge on any atom is -0.461 e. The number of nitrogens with one attached hydrogen (secondary N) is 2. The van der Waals surface area contributed by atoms with E-state index in [1.807, 2.05) is 30.3 Å². The normalized spacial score (nSPS) is 13.0. The molecule has 3 aromatic rings. The van der Waals surface area contributed by atoms with Crippen LogP contribution in [-0.4, -0.2) is 38.7 Å². The van der Waals surface area contributed by atoms with E-state index in [9.17, 15) is 18.0 Å². The molecule has 1 aliphatic rings. The van der Waals surface area contributed by atoms with Gasteiger partial charge in [-0.25, -0.2) is 4.79 Å². The number of hydrogen-bond donors (Lipinski definition) is 2. The molecule has 0 saturated heterocycles. The van der Waals surface area contributed by atoms with Crippen molar-refractivity contribution in [1.82, 2.24) is 20.0 Å². The van der Waals surface area contributed by atoms with E-state index in [1.54, 1.807) is 6.92 Å². The van der Waals surface area contributed by atoms with Crippen molar-refractivity contribution in [2.75, 3.05) is 11.9 Å². The Morgan fingerprint density at radius 3 is 2.72 bits per heavy atom. The van der Waals surface area contributed by atoms with Gasteiger partial charge in [0.25, 0.3) is 0 Å². The fourth-order valence-corrected chi connectivity index (χ4v) is 3.48. The maximum Gasteiger partial charge on any atom is 0.408 e. The molecule has 10 heteroatoms. The van der Waals surface area contributed by atoms with Crippen molar-refractivity contribution >= 4 is 17.5 Å². The molecule has 1 aliphatic carbocycles. The van der Waals surface area contributed by atoms with Gasteiger partial charge < -0.3 is 10.1 Å². The second-order valence-corrected chi connectivity index (χ2v) is 6.59. The predicted octanol–water partition coefficient (Wildman–Crippen LogP) is 3.85. The van der Waals surface area contributed by atoms with Crippen LogP contribution in [0.2, 0.25) is 0 Å². The number of fused-ring (bicyclic) bond motifs is 3. The molecule has 2 aromatic heterocycles. The van der Waals surface area contributed by atoms with Gasteiger partial charge in [-0.2, -0.15) is 23.4 Å². The molecule has 0 aliphatic heterocycles. The van der Waals surface area contributed by atoms with Crippen LogP contribution < -0.4 is 5.32 Å². The number of benzene rings is 1. The van der Waals surface area contributed by atoms with E-state index < -0.39 is 18.7 Å². The van der Waals surface area contributed by atoms with Gasteiger partial charge in [0.1, 0.15) is 6.54 Å². The molecule has 152 valence electrons. The quantitative estimate of drug-likeness (QED) is 0.630. The van der Waals surface area contributed by atoms with Crippen LogP contribution in [0.1, 0.15) is 28.7 Å². The summed E-state index contributed by atoms with van der Waals surface area (Å²) in [4.78, 5) is 12.3. The third-order valence-corrected chi connectivity index (χ3v) is 4.59. The largest absolute Gasteiger partial charge is 0.461 e. The van der Waals surface area contributed by atoms with Crippen molar-refractivity contribution in [2.45, 2.75) is 32.5 Å². The van der Waals surface area contributed by atoms with Gasteiger partial charge >= 0.3 is 12.1 Å². The molecule has 0 bridgehead atoms. The van der Waals surface area contributed by atoms with E-state index in [1.165, 1.54) is 0 Å². The standard InChI is InChI=1S/C19H18F3N5O2/c1-2-29-18(28)15-12-8-9-13-14(16(12)27(26-15)10-19(20,21)22)17(25-24-13)23-11-6-4-3-5-7-11/h3-7H,2,8-10H2,1H3,(H2,23,24,25). The molecule has 1 aromatic carbocycles. The van der Waals surface area contributed by atoms with Crippen molar-refractivity contribution in [2.24, 2.45) is 0 Å². The average Bonchev–Trinajstić information content (AvgIpc) is 3.23. The summed E-state index contributed by atoms with van der Waals surface area (Å²) < 4.78 is 45.4. The highest BCUT2D eigenvalue weighted by Gasteiger charge is 2.37. The molecular weight excluding hydrogens is 387 g/mol. The lowest BCUT2D eigenvalue weighted by atomic mass is 9.93. The first-order chi connectivity index (χ1) is 13.9. The number of ether oxygens (including phenoxy) is 1. The Morgan fingerprint density at radius 2 is 2.03 bits per heavy atom. The molecule has 2 N–H and O–H groups in total. The molecule has 0 saturated carbocycles. The zero-order valence-electron chi connectivity index (χ0n) is 15.5. The van der Waals surface area contributed by atoms with Crippen LogP contribution in [0.4, 0.5) is 24.7 Å². The Kier molecular flexibility index (Phi) is 4.77. The van der Waals surface area contributed by atoms with Crippen LogP contribution in [0.3, 0.4) is 0 Å². The van der Waals surface area contributed by atoms with Crippen molar-refractivity contribution in [3.63, 3.8) is 0 Å². The zero-order chi connectivity index (χ0) is 20.6. The van der Waals surface area contributed by atoms with E-state index in [4.69, 9.17) is 4.74 Å². The monoisotopic (exact) mass is 405 g/mol. The fourth-order valence-electron chi connectivity index (χ4n) is 3.48. The number of para-hydroxylation sites is 1. The number of anilines is 2. The van der Waals surface area contributed by atoms with Crippen LogP contribution in [0.25, 0.3) is 11.3 Å². The summed E-state index contributed by atoms with van der Waals surface area (Å²) in [6.07, 6.45) is -3.64. The van der Waals surface area contributed by atoms with E-state index in [0.717, 1.165) is 10.4 Å². The molecule has 29 heavy (non-hydrogen) atoms. The van der Waals surface area contributed by atoms with Gasteiger partial charge in [0.15, 0.2) is 11.5 Å². The molecule has 0 atom stereocenters. The SMILES string of the molecule is CCOC(=O)c1nn(CC(F)(F)F)c2c1CCc1[nH]nc(Nc3ccccc3)c1-2. The lowest BCUT2D eigenvalue weighted by Gasteiger charge is -2.17. The number of hydrogen-bond acceptors (Lipinski definition) is 5. The first-order valence-electron chi connectivity index (χ1n) is 9.10. The molecule has 0 unspecified atom stereocenters. The summed E-state index contributed by atoms with van der Waals surface area (Å²) in [6.45, 7) is 0.425. The lowest BCUT2D eigenvalue weighted by molar-refractivity contribution is -0.142. The fraction of sp³-hybridized carbons (Fsp3) is 0.316. The molecule has 0 radical (unpaired) electrons. The van der Waals surface area contributed by atoms with E-state index in [2.05, 4.69) is 20.6 Å². The maximum absolute atomic E-state index is 13.2. The first-order valence-corrected chi connectivity index (χ1v) is 9.10. The van der Waals surface area contributed by atoms with Crippen molar-refractivity contribution in [1.29, 1.82) is 0 Å². The summed E-state index contributed by atoms with van der Waals surface area (Å²) in [5.74, 6) is -0.347. The Balaban J connectivity index is 1.84. The number of aromatic amines is 1. The minimum absolute atomic E-state index is 0.0800. The average molecular weight is 405 g/mol. The van der Waals surface area contributed by atoms with Crippen molar-refractivity contribution < 1.29 is 22.7 Å². The second kappa shape index (κ2) is 7.26. The lowest BCUT2D eigenvalue weighted by Crippen LogP contribution is -2.20. The number of carbonyl (C=O) groups is 1. The van der Waals surface area contributed by atoms with Gasteiger partial charge in [-0.3, -0.25) is 9.78 Å². The van der Waals surface area contributed by atoms with Crippen LogP contribution in [0, 0.1) is 0 Å². The summed E-state index contributed by atoms with van der Waals surface area (Å²) >= 11 is 0. The predicted molar refractivity (Wildman–Crippen MR) is 99.0 cm³/mol. The number of rotatable bonds is 5. The second-order valence-electron chi connectivity index (χ2n) is 6.59. The van der Waals surface area contributed by atoms with Crippen LogP contribution >= 0.6 is 0 Å². The van der Waals surface area contributed by atoms with Crippen molar-refractivity contribution in [3.05, 3.63) is 47.3 Å². The van der Waals surface area contributed by atoms with Gasteiger partial charge in [0.2, 0.25) is 0 Å². The topological polar surface area (TPSA) is 84.8 Å². The summed E-state index contributed by atoms with van der Waals surface area (Å²) in [7, 11) is 0. The molecular formula is C19H18F3N5O2. The molecule has 0 spiro atoms. The number of carbonyl (C=O) groups excluding carboxylic acids is 1. The third-order valence-electron chi connectivity index (χ3n) is 4.59. The van der Waals surface area contributed by atoms with E-state index >= 15 is 0 Å². The number of H-pyrrole nitrogens is 1. The molecule has 0 fully saturated rings. The van der Waals surface area contributed by atoms with Gasteiger partial charge in [0.05, 0.1) is 17.9 Å². The van der Waals surface area contributed by atoms with Crippen LogP contribution in [0.5, 0.6) is 0 Å². The maximum atomic E-state index is 13.2. The van der Waals surface area contributed by atoms with Crippen LogP contribution in [0.15, 0.2) is 30.3 Å². The van der Waals surface area contributed by atoms with E-state index in [-0.39, 0.29) is 18.0 Å². The Hall–Kier alpha value is -3.30. The number of aromatic nitrogens is 4. The number of alkyl halides is 3. The zero-order valence-corrected chi connectivity index (χ0v) is 15.5. The van der Waals surface area contributed by atoms with E-state index in [0.29, 0.717) is 35.5 Å². The Bertz CT molecular complexity index is 1040. The highest BCUT2D eigenvalue weighted by molar-refractivity contribution is 5.93. The summed E-state index contributed by atoms with van der Waals surface area (Å²) in [6, 6.07) is 9.16. The Morgan fingerprint density at radius 1 is 1.28 bits per heavy atom. The van der Waals surface area contributed by atoms with Gasteiger partial charge in [-0.1, -0.05) is 18.2 Å².